The summed E-state index contributed by atoms with van der Waals surface area (Å²) >= 11 is 0. The minimum atomic E-state index is -0.296. The van der Waals surface area contributed by atoms with Gasteiger partial charge in [0.2, 0.25) is 5.91 Å². The maximum absolute atomic E-state index is 13.6. The summed E-state index contributed by atoms with van der Waals surface area (Å²) in [6.07, 6.45) is 3.18. The lowest BCUT2D eigenvalue weighted by atomic mass is 9.95. The molecule has 2 aromatic carbocycles. The molecule has 176 valence electrons. The van der Waals surface area contributed by atoms with E-state index in [2.05, 4.69) is 4.99 Å². The average molecular weight is 459 g/mol. The fourth-order valence-electron chi connectivity index (χ4n) is 4.32. The van der Waals surface area contributed by atoms with Crippen LogP contribution in [-0.4, -0.2) is 36.4 Å². The van der Waals surface area contributed by atoms with Gasteiger partial charge in [-0.1, -0.05) is 24.6 Å². The van der Waals surface area contributed by atoms with E-state index in [-0.39, 0.29) is 35.4 Å². The monoisotopic (exact) mass is 458 g/mol. The van der Waals surface area contributed by atoms with Gasteiger partial charge in [0.05, 0.1) is 11.4 Å². The topological polar surface area (TPSA) is 96.1 Å². The Balaban J connectivity index is 1.67. The van der Waals surface area contributed by atoms with Gasteiger partial charge in [0, 0.05) is 42.9 Å². The van der Waals surface area contributed by atoms with E-state index in [0.29, 0.717) is 42.9 Å². The van der Waals surface area contributed by atoms with Gasteiger partial charge in [0.25, 0.3) is 5.91 Å². The lowest BCUT2D eigenvalue weighted by Crippen LogP contribution is -2.44. The third-order valence-electron chi connectivity index (χ3n) is 6.34. The van der Waals surface area contributed by atoms with Crippen molar-refractivity contribution < 1.29 is 14.4 Å². The van der Waals surface area contributed by atoms with Gasteiger partial charge in [-0.3, -0.25) is 14.4 Å². The second-order valence-corrected chi connectivity index (χ2v) is 8.69. The molecule has 4 rings (SSSR count). The van der Waals surface area contributed by atoms with E-state index in [0.717, 1.165) is 24.1 Å². The Morgan fingerprint density at radius 3 is 2.18 bits per heavy atom. The van der Waals surface area contributed by atoms with Gasteiger partial charge in [-0.05, 0) is 62.6 Å². The Morgan fingerprint density at radius 1 is 0.912 bits per heavy atom. The number of hydrogen-bond donors (Lipinski definition) is 1. The molecular formula is C27H30N4O3. The fourth-order valence-corrected chi connectivity index (χ4v) is 4.32. The number of anilines is 2. The molecule has 34 heavy (non-hydrogen) atoms. The molecule has 0 aromatic heterocycles. The van der Waals surface area contributed by atoms with Crippen LogP contribution in [0, 0.1) is 6.92 Å². The second-order valence-electron chi connectivity index (χ2n) is 8.69. The number of allylic oxidation sites excluding steroid dienone is 1. The fraction of sp³-hybridized carbons (Fsp3) is 0.333. The number of ketones is 1. The van der Waals surface area contributed by atoms with Crippen molar-refractivity contribution in [2.45, 2.75) is 46.0 Å². The first-order valence-electron chi connectivity index (χ1n) is 11.8. The Bertz CT molecular complexity index is 1160. The number of piperidine rings is 2. The summed E-state index contributed by atoms with van der Waals surface area (Å²) in [7, 11) is 0. The van der Waals surface area contributed by atoms with Gasteiger partial charge in [0.1, 0.15) is 5.71 Å². The Kier molecular flexibility index (Phi) is 6.91. The van der Waals surface area contributed by atoms with Crippen molar-refractivity contribution in [3.63, 3.8) is 0 Å². The summed E-state index contributed by atoms with van der Waals surface area (Å²) in [5.41, 5.74) is 10.3. The molecule has 0 saturated carbocycles. The number of carbonyl (C=O) groups is 3. The summed E-state index contributed by atoms with van der Waals surface area (Å²) in [5, 5.41) is 0. The first-order valence-corrected chi connectivity index (χ1v) is 11.8. The zero-order valence-corrected chi connectivity index (χ0v) is 19.7. The molecule has 2 heterocycles. The standard InChI is InChI=1S/C27H30N4O3/c1-3-23(32)25(28)22-15-17-31(27(34)26(22)29-19-9-7-18(2)8-10-19)21-13-11-20(12-14-21)30-16-5-4-6-24(30)33/h7-14H,3-6,15-17,28H2,1-2H3. The van der Waals surface area contributed by atoms with Crippen molar-refractivity contribution in [2.75, 3.05) is 22.9 Å². The number of nitrogens with zero attached hydrogens (tertiary/aromatic N) is 3. The van der Waals surface area contributed by atoms with E-state index in [1.54, 1.807) is 16.7 Å². The summed E-state index contributed by atoms with van der Waals surface area (Å²) in [5.74, 6) is -0.356. The lowest BCUT2D eigenvalue weighted by Gasteiger charge is -2.31. The number of aliphatic imine (C=N–C) groups is 1. The van der Waals surface area contributed by atoms with Crippen LogP contribution in [0.2, 0.25) is 0 Å². The zero-order valence-electron chi connectivity index (χ0n) is 19.7. The number of rotatable bonds is 5. The Morgan fingerprint density at radius 2 is 1.56 bits per heavy atom. The minimum absolute atomic E-state index is 0.111. The van der Waals surface area contributed by atoms with Crippen molar-refractivity contribution in [3.05, 3.63) is 65.4 Å². The number of amides is 2. The van der Waals surface area contributed by atoms with Gasteiger partial charge in [-0.25, -0.2) is 4.99 Å². The van der Waals surface area contributed by atoms with Crippen LogP contribution in [0.25, 0.3) is 0 Å². The molecule has 2 aliphatic rings. The average Bonchev–Trinajstić information content (AvgIpc) is 2.86. The van der Waals surface area contributed by atoms with Crippen molar-refractivity contribution in [3.8, 4) is 0 Å². The van der Waals surface area contributed by atoms with Crippen LogP contribution in [0.15, 0.2) is 64.8 Å². The van der Waals surface area contributed by atoms with Gasteiger partial charge >= 0.3 is 0 Å². The molecule has 0 radical (unpaired) electrons. The number of aryl methyl sites for hydroxylation is 1. The van der Waals surface area contributed by atoms with Crippen LogP contribution in [-0.2, 0) is 14.4 Å². The summed E-state index contributed by atoms with van der Waals surface area (Å²) in [6.45, 7) is 4.83. The van der Waals surface area contributed by atoms with E-state index >= 15 is 0 Å². The van der Waals surface area contributed by atoms with Crippen LogP contribution >= 0.6 is 0 Å². The molecule has 7 nitrogen and oxygen atoms in total. The van der Waals surface area contributed by atoms with Crippen molar-refractivity contribution in [1.82, 2.24) is 0 Å². The van der Waals surface area contributed by atoms with E-state index < -0.39 is 0 Å². The predicted octanol–water partition coefficient (Wildman–Crippen LogP) is 4.21. The lowest BCUT2D eigenvalue weighted by molar-refractivity contribution is -0.119. The number of nitrogens with two attached hydrogens (primary N) is 1. The third kappa shape index (κ3) is 4.78. The van der Waals surface area contributed by atoms with Gasteiger partial charge in [-0.2, -0.15) is 0 Å². The van der Waals surface area contributed by atoms with Gasteiger partial charge in [0.15, 0.2) is 5.78 Å². The van der Waals surface area contributed by atoms with Crippen molar-refractivity contribution in [2.24, 2.45) is 10.7 Å². The highest BCUT2D eigenvalue weighted by Gasteiger charge is 2.32. The number of carbonyl (C=O) groups excluding carboxylic acids is 3. The first-order chi connectivity index (χ1) is 16.4. The van der Waals surface area contributed by atoms with Crippen LogP contribution in [0.1, 0.15) is 44.6 Å². The zero-order chi connectivity index (χ0) is 24.2. The van der Waals surface area contributed by atoms with Crippen LogP contribution in [0.3, 0.4) is 0 Å². The Labute approximate surface area is 200 Å². The van der Waals surface area contributed by atoms with E-state index in [4.69, 9.17) is 5.73 Å². The molecule has 2 N–H and O–H groups in total. The maximum Gasteiger partial charge on any atom is 0.277 e. The summed E-state index contributed by atoms with van der Waals surface area (Å²) < 4.78 is 0. The molecule has 2 fully saturated rings. The molecule has 2 aromatic rings. The predicted molar refractivity (Wildman–Crippen MR) is 134 cm³/mol. The van der Waals surface area contributed by atoms with Crippen molar-refractivity contribution in [1.29, 1.82) is 0 Å². The molecular weight excluding hydrogens is 428 g/mol. The quantitative estimate of drug-likeness (QED) is 0.679. The molecule has 2 saturated heterocycles. The van der Waals surface area contributed by atoms with Gasteiger partial charge < -0.3 is 15.5 Å². The second kappa shape index (κ2) is 10.0. The SMILES string of the molecule is CCC(=O)C(N)=C1CCN(c2ccc(N3CCCCC3=O)cc2)C(=O)C1=Nc1ccc(C)cc1. The molecule has 0 unspecified atom stereocenters. The molecule has 7 heteroatoms. The largest absolute Gasteiger partial charge is 0.396 e. The van der Waals surface area contributed by atoms with Crippen molar-refractivity contribution >= 4 is 40.4 Å². The molecule has 2 amide bonds. The summed E-state index contributed by atoms with van der Waals surface area (Å²) in [4.78, 5) is 46.2. The number of benzene rings is 2. The smallest absolute Gasteiger partial charge is 0.277 e. The summed E-state index contributed by atoms with van der Waals surface area (Å²) in [6, 6.07) is 15.0. The van der Waals surface area contributed by atoms with Crippen LogP contribution in [0.4, 0.5) is 17.1 Å². The third-order valence-corrected chi connectivity index (χ3v) is 6.34. The van der Waals surface area contributed by atoms with Gasteiger partial charge in [-0.15, -0.1) is 0 Å². The normalized spacial score (nSPS) is 19.5. The molecule has 0 atom stereocenters. The number of Topliss-reactive ketones (excluding diaryl/α,β-unsaturated/α-hetero) is 1. The molecule has 0 spiro atoms. The molecule has 2 aliphatic heterocycles. The first kappa shape index (κ1) is 23.4. The molecule has 0 bridgehead atoms. The minimum Gasteiger partial charge on any atom is -0.396 e. The maximum atomic E-state index is 13.6. The van der Waals surface area contributed by atoms with E-state index in [9.17, 15) is 14.4 Å². The highest BCUT2D eigenvalue weighted by atomic mass is 16.2. The molecule has 0 aliphatic carbocycles. The van der Waals surface area contributed by atoms with Crippen LogP contribution < -0.4 is 15.5 Å². The van der Waals surface area contributed by atoms with E-state index in [1.807, 2.05) is 55.5 Å². The number of hydrogen-bond acceptors (Lipinski definition) is 5. The highest BCUT2D eigenvalue weighted by molar-refractivity contribution is 6.51. The Hall–Kier alpha value is -3.74. The van der Waals surface area contributed by atoms with E-state index in [1.165, 1.54) is 0 Å². The highest BCUT2D eigenvalue weighted by Crippen LogP contribution is 2.29. The van der Waals surface area contributed by atoms with Crippen LogP contribution in [0.5, 0.6) is 0 Å².